The van der Waals surface area contributed by atoms with Crippen LogP contribution < -0.4 is 18.9 Å². The first-order chi connectivity index (χ1) is 12.6. The Morgan fingerprint density at radius 1 is 1.04 bits per heavy atom. The van der Waals surface area contributed by atoms with Crippen LogP contribution in [0.25, 0.3) is 0 Å². The van der Waals surface area contributed by atoms with Gasteiger partial charge in [-0.15, -0.1) is 0 Å². The fourth-order valence-electron chi connectivity index (χ4n) is 3.78. The van der Waals surface area contributed by atoms with E-state index in [2.05, 4.69) is 57.7 Å². The summed E-state index contributed by atoms with van der Waals surface area (Å²) in [6.45, 7) is 9.24. The van der Waals surface area contributed by atoms with E-state index in [1.165, 1.54) is 41.7 Å². The summed E-state index contributed by atoms with van der Waals surface area (Å²) in [5, 5.41) is 18.7. The fraction of sp³-hybridized carbons (Fsp3) is 0.375. The summed E-state index contributed by atoms with van der Waals surface area (Å²) in [5.74, 6) is 4.75. The normalized spacial score (nSPS) is 16.1. The topological polar surface area (TPSA) is 57.5 Å². The predicted molar refractivity (Wildman–Crippen MR) is 108 cm³/mol. The second kappa shape index (κ2) is 8.08. The van der Waals surface area contributed by atoms with Crippen LogP contribution in [0.15, 0.2) is 36.4 Å². The number of fused-ring (bicyclic) bond motifs is 1. The number of aromatic carboxylic acids is 1. The zero-order valence-electron chi connectivity index (χ0n) is 18.4. The molecule has 28 heavy (non-hydrogen) atoms. The van der Waals surface area contributed by atoms with Gasteiger partial charge in [0.1, 0.15) is 11.3 Å². The summed E-state index contributed by atoms with van der Waals surface area (Å²) in [6.07, 6.45) is 2.99. The number of phenols is 1. The number of carbonyl (C=O) groups is 1. The van der Waals surface area contributed by atoms with Gasteiger partial charge in [-0.2, -0.15) is 0 Å². The van der Waals surface area contributed by atoms with Crippen molar-refractivity contribution in [2.24, 2.45) is 0 Å². The van der Waals surface area contributed by atoms with Gasteiger partial charge in [0.2, 0.25) is 0 Å². The van der Waals surface area contributed by atoms with Gasteiger partial charge in [-0.1, -0.05) is 57.7 Å². The zero-order chi connectivity index (χ0) is 19.8. The van der Waals surface area contributed by atoms with Gasteiger partial charge in [-0.3, -0.25) is 0 Å². The predicted octanol–water partition coefficient (Wildman–Crippen LogP) is 2.15. The van der Waals surface area contributed by atoms with Crippen LogP contribution in [0.1, 0.15) is 74.6 Å². The van der Waals surface area contributed by atoms with Crippen molar-refractivity contribution >= 4 is 5.97 Å². The number of benzene rings is 2. The minimum atomic E-state index is -1.15. The van der Waals surface area contributed by atoms with Gasteiger partial charge in [0.15, 0.2) is 0 Å². The number of carboxylic acid groups (broad SMARTS) is 1. The third kappa shape index (κ3) is 4.47. The SMILES string of the molecule is CC1(C)CCC(C)(C)c2cc(CC#Cc3ccc(C(=O)O)c(O)c3)ccc21.[H-].[Li+]. The van der Waals surface area contributed by atoms with Crippen molar-refractivity contribution in [3.05, 3.63) is 64.2 Å². The molecule has 1 aliphatic carbocycles. The molecule has 0 saturated carbocycles. The van der Waals surface area contributed by atoms with E-state index in [4.69, 9.17) is 5.11 Å². The molecule has 0 unspecified atom stereocenters. The molecule has 2 aromatic rings. The van der Waals surface area contributed by atoms with E-state index in [0.29, 0.717) is 12.0 Å². The Labute approximate surface area is 180 Å². The van der Waals surface area contributed by atoms with Gasteiger partial charge < -0.3 is 11.6 Å². The maximum absolute atomic E-state index is 11.0. The summed E-state index contributed by atoms with van der Waals surface area (Å²) in [7, 11) is 0. The monoisotopic (exact) mass is 370 g/mol. The van der Waals surface area contributed by atoms with Gasteiger partial charge in [0.05, 0.1) is 0 Å². The summed E-state index contributed by atoms with van der Waals surface area (Å²) in [6, 6.07) is 11.1. The molecule has 0 aliphatic heterocycles. The molecule has 142 valence electrons. The van der Waals surface area contributed by atoms with Crippen LogP contribution in [0.3, 0.4) is 0 Å². The van der Waals surface area contributed by atoms with Crippen molar-refractivity contribution in [3.63, 3.8) is 0 Å². The van der Waals surface area contributed by atoms with Crippen LogP contribution in [-0.4, -0.2) is 16.2 Å². The first kappa shape index (κ1) is 22.2. The number of carboxylic acids is 1. The molecule has 0 bridgehead atoms. The molecule has 0 radical (unpaired) electrons. The fourth-order valence-corrected chi connectivity index (χ4v) is 3.78. The Hall–Kier alpha value is -2.13. The molecule has 0 heterocycles. The molecule has 3 nitrogen and oxygen atoms in total. The minimum absolute atomic E-state index is 0. The van der Waals surface area contributed by atoms with Gasteiger partial charge in [-0.25, -0.2) is 4.79 Å². The average molecular weight is 370 g/mol. The van der Waals surface area contributed by atoms with E-state index in [0.717, 1.165) is 0 Å². The Balaban J connectivity index is 0.00000210. The zero-order valence-corrected chi connectivity index (χ0v) is 17.4. The van der Waals surface area contributed by atoms with Gasteiger partial charge in [0.25, 0.3) is 0 Å². The van der Waals surface area contributed by atoms with Crippen molar-refractivity contribution in [3.8, 4) is 17.6 Å². The molecule has 0 spiro atoms. The molecule has 4 heteroatoms. The van der Waals surface area contributed by atoms with Gasteiger partial charge in [-0.05, 0) is 58.6 Å². The van der Waals surface area contributed by atoms with Crippen LogP contribution in [0.5, 0.6) is 5.75 Å². The van der Waals surface area contributed by atoms with Crippen LogP contribution in [0.2, 0.25) is 0 Å². The van der Waals surface area contributed by atoms with Gasteiger partial charge >= 0.3 is 24.8 Å². The second-order valence-electron chi connectivity index (χ2n) is 8.66. The van der Waals surface area contributed by atoms with Crippen molar-refractivity contribution in [2.75, 3.05) is 0 Å². The van der Waals surface area contributed by atoms with E-state index in [1.807, 2.05) is 0 Å². The molecule has 0 fully saturated rings. The standard InChI is InChI=1S/C24H26O3.Li.H/c1-23(2)12-13-24(3,4)20-14-16(9-11-19(20)23)6-5-7-17-8-10-18(22(26)27)21(25)15-17;;/h8-11,14-15,25H,6,12-13H2,1-4H3,(H,26,27);;/q;+1;-1. The molecule has 3 rings (SSSR count). The van der Waals surface area contributed by atoms with Crippen LogP contribution >= 0.6 is 0 Å². The molecular formula is C24H27LiO3. The van der Waals surface area contributed by atoms with Crippen molar-refractivity contribution in [1.29, 1.82) is 0 Å². The maximum atomic E-state index is 11.0. The number of hydrogen-bond donors (Lipinski definition) is 2. The summed E-state index contributed by atoms with van der Waals surface area (Å²) in [4.78, 5) is 11.0. The molecule has 0 saturated heterocycles. The number of hydrogen-bond acceptors (Lipinski definition) is 2. The first-order valence-corrected chi connectivity index (χ1v) is 9.29. The number of rotatable bonds is 2. The second-order valence-corrected chi connectivity index (χ2v) is 8.66. The maximum Gasteiger partial charge on any atom is 1.00 e. The first-order valence-electron chi connectivity index (χ1n) is 9.29. The molecule has 0 aromatic heterocycles. The van der Waals surface area contributed by atoms with Crippen molar-refractivity contribution in [2.45, 2.75) is 57.8 Å². The Morgan fingerprint density at radius 2 is 1.68 bits per heavy atom. The van der Waals surface area contributed by atoms with Crippen molar-refractivity contribution in [1.82, 2.24) is 0 Å². The van der Waals surface area contributed by atoms with Crippen LogP contribution in [-0.2, 0) is 17.3 Å². The summed E-state index contributed by atoms with van der Waals surface area (Å²) < 4.78 is 0. The average Bonchev–Trinajstić information content (AvgIpc) is 2.59. The molecular weight excluding hydrogens is 343 g/mol. The van der Waals surface area contributed by atoms with E-state index < -0.39 is 5.97 Å². The quantitative estimate of drug-likeness (QED) is 0.629. The molecule has 1 aliphatic rings. The van der Waals surface area contributed by atoms with Crippen LogP contribution in [0.4, 0.5) is 0 Å². The third-order valence-electron chi connectivity index (χ3n) is 5.67. The Bertz CT molecular complexity index is 968. The minimum Gasteiger partial charge on any atom is -1.00 e. The van der Waals surface area contributed by atoms with Gasteiger partial charge in [0, 0.05) is 12.0 Å². The molecule has 2 aromatic carbocycles. The van der Waals surface area contributed by atoms with Crippen LogP contribution in [0, 0.1) is 11.8 Å². The smallest absolute Gasteiger partial charge is 1.00 e. The molecule has 2 N–H and O–H groups in total. The van der Waals surface area contributed by atoms with E-state index in [-0.39, 0.29) is 42.4 Å². The van der Waals surface area contributed by atoms with E-state index in [1.54, 1.807) is 6.07 Å². The Kier molecular flexibility index (Phi) is 6.40. The third-order valence-corrected chi connectivity index (χ3v) is 5.67. The van der Waals surface area contributed by atoms with E-state index in [9.17, 15) is 9.90 Å². The molecule has 0 amide bonds. The van der Waals surface area contributed by atoms with Crippen molar-refractivity contribution < 1.29 is 35.3 Å². The molecule has 0 atom stereocenters. The largest absolute Gasteiger partial charge is 1.00 e. The Morgan fingerprint density at radius 3 is 2.29 bits per heavy atom. The van der Waals surface area contributed by atoms with E-state index >= 15 is 0 Å². The summed E-state index contributed by atoms with van der Waals surface area (Å²) >= 11 is 0. The summed E-state index contributed by atoms with van der Waals surface area (Å²) in [5.41, 5.74) is 4.91. The number of aromatic hydroxyl groups is 1.